The van der Waals surface area contributed by atoms with Gasteiger partial charge in [0, 0.05) is 15.1 Å². The van der Waals surface area contributed by atoms with E-state index in [9.17, 15) is 0 Å². The highest BCUT2D eigenvalue weighted by Crippen LogP contribution is 2.24. The quantitative estimate of drug-likeness (QED) is 0.642. The van der Waals surface area contributed by atoms with Crippen LogP contribution in [-0.4, -0.2) is 13.1 Å². The second-order valence-corrected chi connectivity index (χ2v) is 7.71. The predicted octanol–water partition coefficient (Wildman–Crippen LogP) is 5.61. The van der Waals surface area contributed by atoms with Crippen LogP contribution < -0.4 is 10.1 Å². The van der Waals surface area contributed by atoms with Gasteiger partial charge in [0.15, 0.2) is 0 Å². The first-order chi connectivity index (χ1) is 11.7. The summed E-state index contributed by atoms with van der Waals surface area (Å²) < 4.78 is 6.85. The molecule has 2 aromatic rings. The van der Waals surface area contributed by atoms with E-state index in [1.54, 1.807) is 0 Å². The summed E-state index contributed by atoms with van der Waals surface area (Å²) in [7, 11) is 0. The zero-order chi connectivity index (χ0) is 16.8. The van der Waals surface area contributed by atoms with E-state index in [1.807, 2.05) is 18.2 Å². The van der Waals surface area contributed by atoms with Crippen LogP contribution in [0.2, 0.25) is 5.02 Å². The molecule has 1 aliphatic rings. The number of hydrogen-bond acceptors (Lipinski definition) is 2. The fraction of sp³-hybridized carbons (Fsp3) is 0.400. The maximum atomic E-state index is 5.96. The summed E-state index contributed by atoms with van der Waals surface area (Å²) in [6.07, 6.45) is 5.09. The summed E-state index contributed by atoms with van der Waals surface area (Å²) in [5, 5.41) is 4.16. The van der Waals surface area contributed by atoms with E-state index in [2.05, 4.69) is 45.5 Å². The van der Waals surface area contributed by atoms with Gasteiger partial charge in [-0.1, -0.05) is 45.7 Å². The monoisotopic (exact) mass is 407 g/mol. The van der Waals surface area contributed by atoms with Crippen LogP contribution in [0.3, 0.4) is 0 Å². The van der Waals surface area contributed by atoms with Crippen molar-refractivity contribution in [2.45, 2.75) is 32.3 Å². The van der Waals surface area contributed by atoms with Gasteiger partial charge >= 0.3 is 0 Å². The van der Waals surface area contributed by atoms with E-state index in [0.717, 1.165) is 33.1 Å². The lowest BCUT2D eigenvalue weighted by Crippen LogP contribution is -2.08. The summed E-state index contributed by atoms with van der Waals surface area (Å²) in [4.78, 5) is 0. The molecule has 1 fully saturated rings. The topological polar surface area (TPSA) is 21.3 Å². The van der Waals surface area contributed by atoms with Crippen LogP contribution in [0.1, 0.15) is 30.4 Å². The number of benzene rings is 2. The Hall–Kier alpha value is -1.03. The molecule has 24 heavy (non-hydrogen) atoms. The van der Waals surface area contributed by atoms with Crippen LogP contribution in [0.15, 0.2) is 46.9 Å². The number of hydrogen-bond donors (Lipinski definition) is 1. The lowest BCUT2D eigenvalue weighted by Gasteiger charge is -2.10. The van der Waals surface area contributed by atoms with Gasteiger partial charge in [-0.3, -0.25) is 0 Å². The van der Waals surface area contributed by atoms with Crippen molar-refractivity contribution < 1.29 is 4.74 Å². The van der Waals surface area contributed by atoms with Crippen LogP contribution in [0, 0.1) is 5.92 Å². The highest BCUT2D eigenvalue weighted by Gasteiger charge is 2.13. The minimum Gasteiger partial charge on any atom is -0.489 e. The van der Waals surface area contributed by atoms with Crippen molar-refractivity contribution in [1.29, 1.82) is 0 Å². The molecule has 0 aliphatic carbocycles. The highest BCUT2D eigenvalue weighted by molar-refractivity contribution is 9.10. The Morgan fingerprint density at radius 2 is 2.00 bits per heavy atom. The molecular weight excluding hydrogens is 386 g/mol. The van der Waals surface area contributed by atoms with Gasteiger partial charge in [0.1, 0.15) is 12.4 Å². The van der Waals surface area contributed by atoms with Gasteiger partial charge in [-0.15, -0.1) is 0 Å². The van der Waals surface area contributed by atoms with Crippen molar-refractivity contribution in [1.82, 2.24) is 5.32 Å². The minimum atomic E-state index is 0.534. The average molecular weight is 409 g/mol. The molecule has 1 heterocycles. The second-order valence-electron chi connectivity index (χ2n) is 6.42. The predicted molar refractivity (Wildman–Crippen MR) is 104 cm³/mol. The number of aryl methyl sites for hydroxylation is 1. The molecule has 0 spiro atoms. The third-order valence-corrected chi connectivity index (χ3v) is 5.55. The molecule has 0 saturated carbocycles. The molecule has 0 bridgehead atoms. The summed E-state index contributed by atoms with van der Waals surface area (Å²) in [5.41, 5.74) is 2.48. The van der Waals surface area contributed by atoms with Crippen molar-refractivity contribution in [3.63, 3.8) is 0 Å². The largest absolute Gasteiger partial charge is 0.489 e. The molecule has 2 aromatic carbocycles. The van der Waals surface area contributed by atoms with Crippen LogP contribution in [0.25, 0.3) is 0 Å². The first-order valence-corrected chi connectivity index (χ1v) is 9.74. The average Bonchev–Trinajstić information content (AvgIpc) is 3.09. The van der Waals surface area contributed by atoms with Crippen molar-refractivity contribution >= 4 is 27.5 Å². The maximum absolute atomic E-state index is 5.96. The summed E-state index contributed by atoms with van der Waals surface area (Å²) in [6.45, 7) is 2.93. The molecule has 1 saturated heterocycles. The first-order valence-electron chi connectivity index (χ1n) is 8.57. The van der Waals surface area contributed by atoms with E-state index in [4.69, 9.17) is 16.3 Å². The maximum Gasteiger partial charge on any atom is 0.119 e. The molecule has 0 aromatic heterocycles. The summed E-state index contributed by atoms with van der Waals surface area (Å²) in [5.74, 6) is 1.78. The SMILES string of the molecule is Clc1ccc(COc2ccc(CCCC3CCNC3)cc2)c(Br)c1. The molecule has 3 rings (SSSR count). The minimum absolute atomic E-state index is 0.534. The summed E-state index contributed by atoms with van der Waals surface area (Å²) in [6, 6.07) is 14.3. The van der Waals surface area contributed by atoms with Gasteiger partial charge in [0.2, 0.25) is 0 Å². The second kappa shape index (κ2) is 8.89. The van der Waals surface area contributed by atoms with Gasteiger partial charge in [-0.25, -0.2) is 0 Å². The van der Waals surface area contributed by atoms with Crippen molar-refractivity contribution in [3.05, 3.63) is 63.1 Å². The van der Waals surface area contributed by atoms with Crippen LogP contribution in [0.4, 0.5) is 0 Å². The number of halogens is 2. The third-order valence-electron chi connectivity index (χ3n) is 4.57. The van der Waals surface area contributed by atoms with Crippen LogP contribution in [-0.2, 0) is 13.0 Å². The molecule has 2 nitrogen and oxygen atoms in total. The molecule has 4 heteroatoms. The van der Waals surface area contributed by atoms with E-state index < -0.39 is 0 Å². The van der Waals surface area contributed by atoms with E-state index in [-0.39, 0.29) is 0 Å². The number of rotatable bonds is 7. The van der Waals surface area contributed by atoms with E-state index >= 15 is 0 Å². The Balaban J connectivity index is 1.45. The fourth-order valence-electron chi connectivity index (χ4n) is 3.11. The lowest BCUT2D eigenvalue weighted by molar-refractivity contribution is 0.305. The Kier molecular flexibility index (Phi) is 6.59. The van der Waals surface area contributed by atoms with Gasteiger partial charge < -0.3 is 10.1 Å². The number of nitrogens with one attached hydrogen (secondary N) is 1. The zero-order valence-corrected chi connectivity index (χ0v) is 16.1. The standard InChI is InChI=1S/C20H23BrClNO/c21-20-12-18(22)7-6-17(20)14-24-19-8-4-15(5-9-19)2-1-3-16-10-11-23-13-16/h4-9,12,16,23H,1-3,10-11,13-14H2. The molecular formula is C20H23BrClNO. The normalized spacial score (nSPS) is 17.2. The molecule has 128 valence electrons. The Labute approximate surface area is 157 Å². The highest BCUT2D eigenvalue weighted by atomic mass is 79.9. The molecule has 1 N–H and O–H groups in total. The molecule has 0 amide bonds. The van der Waals surface area contributed by atoms with Gasteiger partial charge in [-0.05, 0) is 74.5 Å². The first kappa shape index (κ1) is 17.8. The summed E-state index contributed by atoms with van der Waals surface area (Å²) >= 11 is 9.48. The Bertz CT molecular complexity index is 653. The van der Waals surface area contributed by atoms with Gasteiger partial charge in [0.05, 0.1) is 0 Å². The molecule has 1 aliphatic heterocycles. The third kappa shape index (κ3) is 5.23. The smallest absolute Gasteiger partial charge is 0.119 e. The lowest BCUT2D eigenvalue weighted by atomic mass is 9.99. The number of ether oxygens (including phenoxy) is 1. The van der Waals surface area contributed by atoms with Crippen molar-refractivity contribution in [3.8, 4) is 5.75 Å². The van der Waals surface area contributed by atoms with Crippen LogP contribution in [0.5, 0.6) is 5.75 Å². The van der Waals surface area contributed by atoms with Gasteiger partial charge in [-0.2, -0.15) is 0 Å². The van der Waals surface area contributed by atoms with Gasteiger partial charge in [0.25, 0.3) is 0 Å². The Morgan fingerprint density at radius 1 is 1.17 bits per heavy atom. The Morgan fingerprint density at radius 3 is 2.71 bits per heavy atom. The van der Waals surface area contributed by atoms with E-state index in [0.29, 0.717) is 6.61 Å². The van der Waals surface area contributed by atoms with Crippen LogP contribution >= 0.6 is 27.5 Å². The molecule has 1 unspecified atom stereocenters. The molecule has 1 atom stereocenters. The van der Waals surface area contributed by atoms with Crippen molar-refractivity contribution in [2.24, 2.45) is 5.92 Å². The van der Waals surface area contributed by atoms with E-state index in [1.165, 1.54) is 37.9 Å². The zero-order valence-electron chi connectivity index (χ0n) is 13.7. The molecule has 0 radical (unpaired) electrons. The van der Waals surface area contributed by atoms with Crippen molar-refractivity contribution in [2.75, 3.05) is 13.1 Å². The fourth-order valence-corrected chi connectivity index (χ4v) is 3.91.